The van der Waals surface area contributed by atoms with Crippen LogP contribution in [0.3, 0.4) is 0 Å². The molecular formula is C14H15N2+. The van der Waals surface area contributed by atoms with Crippen LogP contribution in [0.15, 0.2) is 54.6 Å². The van der Waals surface area contributed by atoms with E-state index in [0.717, 1.165) is 6.67 Å². The van der Waals surface area contributed by atoms with Crippen LogP contribution < -0.4 is 9.80 Å². The molecule has 0 saturated carbocycles. The quantitative estimate of drug-likeness (QED) is 0.757. The number of benzene rings is 2. The molecule has 0 fully saturated rings. The molecule has 2 nitrogen and oxygen atoms in total. The first-order valence-corrected chi connectivity index (χ1v) is 5.61. The van der Waals surface area contributed by atoms with Crippen LogP contribution in [0.5, 0.6) is 0 Å². The third-order valence-electron chi connectivity index (χ3n) is 3.12. The maximum atomic E-state index is 2.37. The molecule has 1 heterocycles. The van der Waals surface area contributed by atoms with Gasteiger partial charge in [0, 0.05) is 11.8 Å². The van der Waals surface area contributed by atoms with Crippen molar-refractivity contribution in [3.05, 3.63) is 54.6 Å². The SMILES string of the molecule is C[NH+]1CN(c2ccccc2)c2ccccc21. The maximum absolute atomic E-state index is 2.37. The highest BCUT2D eigenvalue weighted by Crippen LogP contribution is 2.31. The summed E-state index contributed by atoms with van der Waals surface area (Å²) >= 11 is 0. The first kappa shape index (κ1) is 9.43. The fraction of sp³-hybridized carbons (Fsp3) is 0.143. The van der Waals surface area contributed by atoms with Gasteiger partial charge in [-0.25, -0.2) is 0 Å². The van der Waals surface area contributed by atoms with Gasteiger partial charge in [-0.15, -0.1) is 0 Å². The Bertz CT molecular complexity index is 493. The molecule has 16 heavy (non-hydrogen) atoms. The fourth-order valence-corrected chi connectivity index (χ4v) is 2.32. The van der Waals surface area contributed by atoms with Crippen LogP contribution in [0.2, 0.25) is 0 Å². The number of anilines is 2. The highest BCUT2D eigenvalue weighted by Gasteiger charge is 2.28. The van der Waals surface area contributed by atoms with E-state index in [1.807, 2.05) is 0 Å². The summed E-state index contributed by atoms with van der Waals surface area (Å²) in [4.78, 5) is 3.81. The summed E-state index contributed by atoms with van der Waals surface area (Å²) in [6.45, 7) is 1.00. The number of para-hydroxylation sites is 3. The minimum atomic E-state index is 1.00. The van der Waals surface area contributed by atoms with Gasteiger partial charge in [0.25, 0.3) is 0 Å². The molecule has 3 rings (SSSR count). The summed E-state index contributed by atoms with van der Waals surface area (Å²) in [5.74, 6) is 0. The molecule has 0 aromatic heterocycles. The second-order valence-electron chi connectivity index (χ2n) is 4.22. The Morgan fingerprint density at radius 2 is 1.62 bits per heavy atom. The average molecular weight is 211 g/mol. The van der Waals surface area contributed by atoms with Crippen LogP contribution >= 0.6 is 0 Å². The molecule has 1 aliphatic rings. The lowest BCUT2D eigenvalue weighted by molar-refractivity contribution is -0.802. The van der Waals surface area contributed by atoms with E-state index in [2.05, 4.69) is 66.5 Å². The molecule has 0 spiro atoms. The van der Waals surface area contributed by atoms with E-state index in [1.54, 1.807) is 0 Å². The topological polar surface area (TPSA) is 7.68 Å². The number of nitrogens with one attached hydrogen (secondary N) is 1. The Labute approximate surface area is 95.7 Å². The van der Waals surface area contributed by atoms with Gasteiger partial charge in [-0.2, -0.15) is 0 Å². The predicted molar refractivity (Wildman–Crippen MR) is 66.4 cm³/mol. The summed E-state index contributed by atoms with van der Waals surface area (Å²) in [6, 6.07) is 19.2. The van der Waals surface area contributed by atoms with Gasteiger partial charge in [0.1, 0.15) is 5.69 Å². The van der Waals surface area contributed by atoms with Gasteiger partial charge >= 0.3 is 0 Å². The zero-order valence-corrected chi connectivity index (χ0v) is 9.35. The van der Waals surface area contributed by atoms with Crippen molar-refractivity contribution in [3.8, 4) is 0 Å². The summed E-state index contributed by atoms with van der Waals surface area (Å²) < 4.78 is 0. The normalized spacial score (nSPS) is 18.6. The molecule has 1 unspecified atom stereocenters. The second-order valence-corrected chi connectivity index (χ2v) is 4.22. The monoisotopic (exact) mass is 211 g/mol. The molecule has 2 aromatic carbocycles. The third kappa shape index (κ3) is 1.39. The number of fused-ring (bicyclic) bond motifs is 1. The molecule has 1 aliphatic heterocycles. The smallest absolute Gasteiger partial charge is 0.162 e. The molecule has 0 saturated heterocycles. The standard InChI is InChI=1S/C14H14N2/c1-15-11-16(12-7-3-2-4-8-12)14-10-6-5-9-13(14)15/h2-10H,11H2,1H3/p+1. The van der Waals surface area contributed by atoms with Crippen molar-refractivity contribution in [2.45, 2.75) is 0 Å². The molecule has 0 bridgehead atoms. The second kappa shape index (κ2) is 3.65. The maximum Gasteiger partial charge on any atom is 0.162 e. The number of quaternary nitrogens is 1. The van der Waals surface area contributed by atoms with Crippen LogP contribution in [0.1, 0.15) is 0 Å². The Morgan fingerprint density at radius 3 is 2.44 bits per heavy atom. The molecular weight excluding hydrogens is 196 g/mol. The van der Waals surface area contributed by atoms with Crippen LogP contribution in [-0.2, 0) is 0 Å². The van der Waals surface area contributed by atoms with Crippen LogP contribution in [0.25, 0.3) is 0 Å². The molecule has 1 atom stereocenters. The minimum absolute atomic E-state index is 1.00. The van der Waals surface area contributed by atoms with E-state index in [1.165, 1.54) is 22.0 Å². The highest BCUT2D eigenvalue weighted by molar-refractivity contribution is 5.73. The van der Waals surface area contributed by atoms with Crippen molar-refractivity contribution in [2.75, 3.05) is 18.6 Å². The zero-order chi connectivity index (χ0) is 11.0. The molecule has 0 amide bonds. The van der Waals surface area contributed by atoms with Crippen molar-refractivity contribution >= 4 is 17.1 Å². The molecule has 80 valence electrons. The fourth-order valence-electron chi connectivity index (χ4n) is 2.32. The minimum Gasteiger partial charge on any atom is -0.288 e. The Kier molecular flexibility index (Phi) is 2.15. The first-order valence-electron chi connectivity index (χ1n) is 5.61. The van der Waals surface area contributed by atoms with Crippen molar-refractivity contribution < 1.29 is 4.90 Å². The van der Waals surface area contributed by atoms with Gasteiger partial charge in [-0.05, 0) is 18.2 Å². The van der Waals surface area contributed by atoms with E-state index in [4.69, 9.17) is 0 Å². The van der Waals surface area contributed by atoms with Gasteiger partial charge in [0.2, 0.25) is 0 Å². The van der Waals surface area contributed by atoms with Gasteiger partial charge in [-0.1, -0.05) is 30.3 Å². The predicted octanol–water partition coefficient (Wildman–Crippen LogP) is 1.94. The lowest BCUT2D eigenvalue weighted by Crippen LogP contribution is -3.03. The summed E-state index contributed by atoms with van der Waals surface area (Å²) in [6.07, 6.45) is 0. The molecule has 2 aromatic rings. The Morgan fingerprint density at radius 1 is 0.938 bits per heavy atom. The molecule has 2 heteroatoms. The van der Waals surface area contributed by atoms with Crippen LogP contribution in [0.4, 0.5) is 17.1 Å². The molecule has 0 aliphatic carbocycles. The highest BCUT2D eigenvalue weighted by atomic mass is 15.4. The zero-order valence-electron chi connectivity index (χ0n) is 9.35. The largest absolute Gasteiger partial charge is 0.288 e. The van der Waals surface area contributed by atoms with E-state index >= 15 is 0 Å². The van der Waals surface area contributed by atoms with E-state index in [0.29, 0.717) is 0 Å². The number of hydrogen-bond acceptors (Lipinski definition) is 1. The lowest BCUT2D eigenvalue weighted by atomic mass is 10.2. The molecule has 0 radical (unpaired) electrons. The number of rotatable bonds is 1. The van der Waals surface area contributed by atoms with Gasteiger partial charge < -0.3 is 0 Å². The Hall–Kier alpha value is -1.80. The van der Waals surface area contributed by atoms with E-state index in [9.17, 15) is 0 Å². The van der Waals surface area contributed by atoms with Crippen molar-refractivity contribution in [1.29, 1.82) is 0 Å². The van der Waals surface area contributed by atoms with Gasteiger partial charge in [0.15, 0.2) is 12.4 Å². The van der Waals surface area contributed by atoms with Crippen molar-refractivity contribution in [1.82, 2.24) is 0 Å². The van der Waals surface area contributed by atoms with Crippen LogP contribution in [0, 0.1) is 0 Å². The van der Waals surface area contributed by atoms with Crippen LogP contribution in [-0.4, -0.2) is 13.7 Å². The number of hydrogen-bond donors (Lipinski definition) is 1. The van der Waals surface area contributed by atoms with Gasteiger partial charge in [0.05, 0.1) is 7.05 Å². The summed E-state index contributed by atoms with van der Waals surface area (Å²) in [5, 5.41) is 0. The van der Waals surface area contributed by atoms with E-state index < -0.39 is 0 Å². The van der Waals surface area contributed by atoms with Gasteiger partial charge in [-0.3, -0.25) is 9.80 Å². The summed E-state index contributed by atoms with van der Waals surface area (Å²) in [7, 11) is 2.21. The van der Waals surface area contributed by atoms with Crippen molar-refractivity contribution in [2.24, 2.45) is 0 Å². The first-order chi connectivity index (χ1) is 7.86. The average Bonchev–Trinajstić information content (AvgIpc) is 2.69. The summed E-state index contributed by atoms with van der Waals surface area (Å²) in [5.41, 5.74) is 3.98. The lowest BCUT2D eigenvalue weighted by Gasteiger charge is -2.15. The van der Waals surface area contributed by atoms with E-state index in [-0.39, 0.29) is 0 Å². The van der Waals surface area contributed by atoms with Crippen molar-refractivity contribution in [3.63, 3.8) is 0 Å². The Balaban J connectivity index is 2.07. The third-order valence-corrected chi connectivity index (χ3v) is 3.12. The molecule has 1 N–H and O–H groups in total. The number of nitrogens with zero attached hydrogens (tertiary/aromatic N) is 1.